The van der Waals surface area contributed by atoms with Crippen LogP contribution in [0.5, 0.6) is 0 Å². The number of hydrogen-bond donors (Lipinski definition) is 1. The molecule has 1 N–H and O–H groups in total. The number of carbonyl (C=O) groups is 1. The molecule has 1 heterocycles. The van der Waals surface area contributed by atoms with E-state index >= 15 is 0 Å². The number of nitrogens with zero attached hydrogens (tertiary/aromatic N) is 1. The number of benzene rings is 3. The van der Waals surface area contributed by atoms with Crippen molar-refractivity contribution >= 4 is 39.4 Å². The summed E-state index contributed by atoms with van der Waals surface area (Å²) in [4.78, 5) is 12.4. The Morgan fingerprint density at radius 2 is 1.76 bits per heavy atom. The van der Waals surface area contributed by atoms with Crippen molar-refractivity contribution in [2.45, 2.75) is 35.3 Å². The second-order valence-corrected chi connectivity index (χ2v) is 12.0. The third kappa shape index (κ3) is 5.49. The van der Waals surface area contributed by atoms with Crippen LogP contribution in [-0.2, 0) is 20.6 Å². The molecule has 8 heteroatoms. The Hall–Kier alpha value is -2.32. The van der Waals surface area contributed by atoms with Gasteiger partial charge >= 0.3 is 5.97 Å². The summed E-state index contributed by atoms with van der Waals surface area (Å²) in [6.45, 7) is 1.79. The van der Waals surface area contributed by atoms with Crippen molar-refractivity contribution in [1.29, 1.82) is 0 Å². The maximum Gasteiger partial charge on any atom is 0.308 e. The molecule has 0 radical (unpaired) electrons. The summed E-state index contributed by atoms with van der Waals surface area (Å²) in [7, 11) is -3.93. The number of aryl methyl sites for hydroxylation is 1. The number of halogens is 1. The van der Waals surface area contributed by atoms with Crippen molar-refractivity contribution in [3.8, 4) is 0 Å². The molecule has 0 bridgehead atoms. The first-order chi connectivity index (χ1) is 16.3. The van der Waals surface area contributed by atoms with Crippen LogP contribution < -0.4 is 0 Å². The monoisotopic (exact) mass is 515 g/mol. The van der Waals surface area contributed by atoms with Crippen LogP contribution in [0.3, 0.4) is 0 Å². The Bertz CT molecular complexity index is 1250. The standard InChI is InChI=1S/C26H26ClNO4S2/c1-18-10-12-22(13-11-18)34(31,32)28-16-23(26(29)30)25(33-17-19-6-3-2-4-7-19)15-24(28)20-8-5-9-21(27)14-20/h2-14,23-25H,15-17H2,1H3,(H,29,30)/t23-,24+,25-/m1/s1. The van der Waals surface area contributed by atoms with Crippen LogP contribution >= 0.6 is 23.4 Å². The molecule has 178 valence electrons. The van der Waals surface area contributed by atoms with Gasteiger partial charge in [-0.15, -0.1) is 0 Å². The quantitative estimate of drug-likeness (QED) is 0.431. The molecule has 0 saturated carbocycles. The SMILES string of the molecule is Cc1ccc(S(=O)(=O)N2C[C@@H](C(=O)O)[C@H](SCc3ccccc3)C[C@H]2c2cccc(Cl)c2)cc1. The van der Waals surface area contributed by atoms with E-state index in [9.17, 15) is 18.3 Å². The largest absolute Gasteiger partial charge is 0.481 e. The summed E-state index contributed by atoms with van der Waals surface area (Å²) in [5.41, 5.74) is 2.81. The first-order valence-corrected chi connectivity index (χ1v) is 13.8. The van der Waals surface area contributed by atoms with Crippen molar-refractivity contribution in [2.24, 2.45) is 5.92 Å². The zero-order valence-corrected chi connectivity index (χ0v) is 21.1. The van der Waals surface area contributed by atoms with Gasteiger partial charge in [0.25, 0.3) is 0 Å². The van der Waals surface area contributed by atoms with E-state index in [1.165, 1.54) is 4.31 Å². The number of rotatable bonds is 7. The Morgan fingerprint density at radius 3 is 2.41 bits per heavy atom. The molecule has 0 aliphatic carbocycles. The van der Waals surface area contributed by atoms with Crippen molar-refractivity contribution in [1.82, 2.24) is 4.31 Å². The van der Waals surface area contributed by atoms with Gasteiger partial charge in [0.15, 0.2) is 0 Å². The normalized spacial score (nSPS) is 21.3. The van der Waals surface area contributed by atoms with Crippen LogP contribution in [0.15, 0.2) is 83.8 Å². The number of hydrogen-bond acceptors (Lipinski definition) is 4. The van der Waals surface area contributed by atoms with Crippen LogP contribution in [0.25, 0.3) is 0 Å². The Balaban J connectivity index is 1.71. The van der Waals surface area contributed by atoms with Crippen molar-refractivity contribution in [3.63, 3.8) is 0 Å². The smallest absolute Gasteiger partial charge is 0.308 e. The first kappa shape index (κ1) is 24.8. The third-order valence-corrected chi connectivity index (χ3v) is 9.69. The van der Waals surface area contributed by atoms with Gasteiger partial charge in [0.05, 0.1) is 16.9 Å². The zero-order chi connectivity index (χ0) is 24.3. The third-order valence-electron chi connectivity index (χ3n) is 6.11. The molecule has 0 unspecified atom stereocenters. The highest BCUT2D eigenvalue weighted by Gasteiger charge is 2.45. The lowest BCUT2D eigenvalue weighted by Gasteiger charge is -2.41. The van der Waals surface area contributed by atoms with Crippen molar-refractivity contribution in [2.75, 3.05) is 6.54 Å². The molecule has 4 rings (SSSR count). The van der Waals surface area contributed by atoms with Gasteiger partial charge in [-0.05, 0) is 48.7 Å². The number of sulfonamides is 1. The minimum atomic E-state index is -3.93. The zero-order valence-electron chi connectivity index (χ0n) is 18.7. The molecule has 3 aromatic carbocycles. The van der Waals surface area contributed by atoms with Crippen LogP contribution in [0.1, 0.15) is 29.2 Å². The molecule has 3 aromatic rings. The van der Waals surface area contributed by atoms with Gasteiger partial charge in [-0.3, -0.25) is 4.79 Å². The van der Waals surface area contributed by atoms with Gasteiger partial charge in [0, 0.05) is 22.6 Å². The summed E-state index contributed by atoms with van der Waals surface area (Å²) >= 11 is 7.81. The molecule has 1 fully saturated rings. The average molecular weight is 516 g/mol. The molecule has 3 atom stereocenters. The lowest BCUT2D eigenvalue weighted by Crippen LogP contribution is -2.49. The molecule has 0 aromatic heterocycles. The van der Waals surface area contributed by atoms with Crippen LogP contribution in [0.4, 0.5) is 0 Å². The van der Waals surface area contributed by atoms with Crippen molar-refractivity contribution < 1.29 is 18.3 Å². The van der Waals surface area contributed by atoms with E-state index < -0.39 is 28.0 Å². The van der Waals surface area contributed by atoms with Crippen molar-refractivity contribution in [3.05, 3.63) is 101 Å². The highest BCUT2D eigenvalue weighted by molar-refractivity contribution is 7.99. The molecule has 0 amide bonds. The summed E-state index contributed by atoms with van der Waals surface area (Å²) in [6, 6.07) is 23.2. The molecular formula is C26H26ClNO4S2. The highest BCUT2D eigenvalue weighted by Crippen LogP contribution is 2.43. The van der Waals surface area contributed by atoms with Crippen LogP contribution in [0, 0.1) is 12.8 Å². The van der Waals surface area contributed by atoms with E-state index in [1.54, 1.807) is 54.2 Å². The fourth-order valence-electron chi connectivity index (χ4n) is 4.27. The molecule has 1 aliphatic heterocycles. The maximum atomic E-state index is 13.7. The predicted octanol–water partition coefficient (Wildman–Crippen LogP) is 5.79. The fraction of sp³-hybridized carbons (Fsp3) is 0.269. The molecule has 34 heavy (non-hydrogen) atoms. The molecule has 1 aliphatic rings. The fourth-order valence-corrected chi connectivity index (χ4v) is 7.47. The second-order valence-electron chi connectivity index (χ2n) is 8.47. The number of piperidine rings is 1. The number of carboxylic acid groups (broad SMARTS) is 1. The molecule has 0 spiro atoms. The van der Waals surface area contributed by atoms with Crippen LogP contribution in [0.2, 0.25) is 5.02 Å². The van der Waals surface area contributed by atoms with E-state index in [0.29, 0.717) is 17.2 Å². The molecule has 5 nitrogen and oxygen atoms in total. The highest BCUT2D eigenvalue weighted by atomic mass is 35.5. The summed E-state index contributed by atoms with van der Waals surface area (Å²) in [6.07, 6.45) is 0.375. The first-order valence-electron chi connectivity index (χ1n) is 11.0. The predicted molar refractivity (Wildman–Crippen MR) is 137 cm³/mol. The van der Waals surface area contributed by atoms with E-state index in [1.807, 2.05) is 43.3 Å². The Kier molecular flexibility index (Phi) is 7.67. The summed E-state index contributed by atoms with van der Waals surface area (Å²) in [5, 5.41) is 10.3. The minimum absolute atomic E-state index is 0.102. The van der Waals surface area contributed by atoms with Gasteiger partial charge in [-0.2, -0.15) is 16.1 Å². The number of carboxylic acids is 1. The van der Waals surface area contributed by atoms with E-state index in [4.69, 9.17) is 11.6 Å². The van der Waals surface area contributed by atoms with Gasteiger partial charge in [-0.25, -0.2) is 8.42 Å². The molecular weight excluding hydrogens is 490 g/mol. The van der Waals surface area contributed by atoms with Crippen LogP contribution in [-0.4, -0.2) is 35.6 Å². The minimum Gasteiger partial charge on any atom is -0.481 e. The lowest BCUT2D eigenvalue weighted by atomic mass is 9.90. The van der Waals surface area contributed by atoms with E-state index in [2.05, 4.69) is 0 Å². The van der Waals surface area contributed by atoms with E-state index in [0.717, 1.165) is 16.7 Å². The summed E-state index contributed by atoms with van der Waals surface area (Å²) in [5.74, 6) is -1.16. The lowest BCUT2D eigenvalue weighted by molar-refractivity contribution is -0.143. The van der Waals surface area contributed by atoms with Gasteiger partial charge in [0.2, 0.25) is 10.0 Å². The van der Waals surface area contributed by atoms with Gasteiger partial charge in [0.1, 0.15) is 0 Å². The maximum absolute atomic E-state index is 13.7. The van der Waals surface area contributed by atoms with E-state index in [-0.39, 0.29) is 16.7 Å². The summed E-state index contributed by atoms with van der Waals surface area (Å²) < 4.78 is 28.8. The Morgan fingerprint density at radius 1 is 1.06 bits per heavy atom. The number of thioether (sulfide) groups is 1. The average Bonchev–Trinajstić information content (AvgIpc) is 2.83. The molecule has 1 saturated heterocycles. The Labute approximate surface area is 209 Å². The topological polar surface area (TPSA) is 74.7 Å². The van der Waals surface area contributed by atoms with Gasteiger partial charge < -0.3 is 5.11 Å². The van der Waals surface area contributed by atoms with Gasteiger partial charge in [-0.1, -0.05) is 71.8 Å². The number of aliphatic carboxylic acids is 1. The second kappa shape index (κ2) is 10.5.